The Morgan fingerprint density at radius 1 is 1.26 bits per heavy atom. The van der Waals surface area contributed by atoms with Crippen molar-refractivity contribution in [3.05, 3.63) is 29.3 Å². The molecule has 1 atom stereocenters. The molecule has 0 radical (unpaired) electrons. The lowest BCUT2D eigenvalue weighted by atomic mass is 9.85. The zero-order chi connectivity index (χ0) is 13.7. The molecule has 1 fully saturated rings. The Morgan fingerprint density at radius 3 is 2.63 bits per heavy atom. The van der Waals surface area contributed by atoms with Crippen molar-refractivity contribution in [1.82, 2.24) is 0 Å². The average molecular weight is 262 g/mol. The molecule has 1 aromatic rings. The minimum Gasteiger partial charge on any atom is -0.496 e. The molecule has 19 heavy (non-hydrogen) atoms. The van der Waals surface area contributed by atoms with Gasteiger partial charge in [-0.25, -0.2) is 0 Å². The highest BCUT2D eigenvalue weighted by Gasteiger charge is 2.16. The van der Waals surface area contributed by atoms with Gasteiger partial charge in [-0.2, -0.15) is 0 Å². The lowest BCUT2D eigenvalue weighted by molar-refractivity contribution is 0.151. The third-order valence-electron chi connectivity index (χ3n) is 4.38. The SMILES string of the molecule is COc1ccc(C(O)CCC2CCCCC2)cc1C. The van der Waals surface area contributed by atoms with E-state index in [1.807, 2.05) is 25.1 Å². The minimum atomic E-state index is -0.327. The molecule has 0 heterocycles. The standard InChI is InChI=1S/C17H26O2/c1-13-12-15(9-11-17(13)19-2)16(18)10-8-14-6-4-3-5-7-14/h9,11-12,14,16,18H,3-8,10H2,1-2H3. The van der Waals surface area contributed by atoms with Crippen LogP contribution in [0.3, 0.4) is 0 Å². The summed E-state index contributed by atoms with van der Waals surface area (Å²) in [4.78, 5) is 0. The number of methoxy groups -OCH3 is 1. The molecule has 106 valence electrons. The predicted octanol–water partition coefficient (Wildman–Crippen LogP) is 4.40. The van der Waals surface area contributed by atoms with Gasteiger partial charge in [-0.1, -0.05) is 38.2 Å². The lowest BCUT2D eigenvalue weighted by Gasteiger charge is -2.22. The maximum atomic E-state index is 10.3. The molecule has 2 rings (SSSR count). The number of aliphatic hydroxyl groups is 1. The van der Waals surface area contributed by atoms with Crippen LogP contribution in [0.4, 0.5) is 0 Å². The highest BCUT2D eigenvalue weighted by molar-refractivity contribution is 5.36. The lowest BCUT2D eigenvalue weighted by Crippen LogP contribution is -2.08. The number of aryl methyl sites for hydroxylation is 1. The van der Waals surface area contributed by atoms with Gasteiger partial charge in [-0.3, -0.25) is 0 Å². The molecule has 0 saturated heterocycles. The monoisotopic (exact) mass is 262 g/mol. The highest BCUT2D eigenvalue weighted by Crippen LogP contribution is 2.31. The van der Waals surface area contributed by atoms with Crippen molar-refractivity contribution in [3.8, 4) is 5.75 Å². The Labute approximate surface area is 116 Å². The minimum absolute atomic E-state index is 0.327. The van der Waals surface area contributed by atoms with Crippen LogP contribution in [0.15, 0.2) is 18.2 Å². The Balaban J connectivity index is 1.88. The summed E-state index contributed by atoms with van der Waals surface area (Å²) in [6.07, 6.45) is 8.58. The first kappa shape index (κ1) is 14.4. The molecule has 1 N–H and O–H groups in total. The van der Waals surface area contributed by atoms with Crippen LogP contribution in [0.2, 0.25) is 0 Å². The van der Waals surface area contributed by atoms with Crippen molar-refractivity contribution in [2.45, 2.75) is 58.0 Å². The largest absolute Gasteiger partial charge is 0.496 e. The van der Waals surface area contributed by atoms with E-state index in [1.54, 1.807) is 7.11 Å². The van der Waals surface area contributed by atoms with Crippen molar-refractivity contribution >= 4 is 0 Å². The Bertz CT molecular complexity index is 394. The summed E-state index contributed by atoms with van der Waals surface area (Å²) < 4.78 is 5.25. The molecular weight excluding hydrogens is 236 g/mol. The summed E-state index contributed by atoms with van der Waals surface area (Å²) >= 11 is 0. The molecule has 0 bridgehead atoms. The fourth-order valence-electron chi connectivity index (χ4n) is 3.14. The van der Waals surface area contributed by atoms with Gasteiger partial charge >= 0.3 is 0 Å². The molecule has 1 aliphatic rings. The summed E-state index contributed by atoms with van der Waals surface area (Å²) in [5.74, 6) is 1.73. The third-order valence-corrected chi connectivity index (χ3v) is 4.38. The molecule has 1 aliphatic carbocycles. The van der Waals surface area contributed by atoms with E-state index >= 15 is 0 Å². The molecule has 2 heteroatoms. The molecule has 1 saturated carbocycles. The second kappa shape index (κ2) is 6.95. The van der Waals surface area contributed by atoms with Crippen LogP contribution >= 0.6 is 0 Å². The number of aliphatic hydroxyl groups excluding tert-OH is 1. The van der Waals surface area contributed by atoms with Gasteiger partial charge in [0.1, 0.15) is 5.75 Å². The molecule has 0 aliphatic heterocycles. The van der Waals surface area contributed by atoms with Gasteiger partial charge in [0.05, 0.1) is 13.2 Å². The Hall–Kier alpha value is -1.02. The zero-order valence-corrected chi connectivity index (χ0v) is 12.2. The van der Waals surface area contributed by atoms with E-state index in [0.29, 0.717) is 0 Å². The van der Waals surface area contributed by atoms with Gasteiger partial charge in [0.15, 0.2) is 0 Å². The van der Waals surface area contributed by atoms with Crippen LogP contribution in [-0.4, -0.2) is 12.2 Å². The predicted molar refractivity (Wildman–Crippen MR) is 78.5 cm³/mol. The number of ether oxygens (including phenoxy) is 1. The van der Waals surface area contributed by atoms with Gasteiger partial charge in [-0.15, -0.1) is 0 Å². The fraction of sp³-hybridized carbons (Fsp3) is 0.647. The van der Waals surface area contributed by atoms with Crippen molar-refractivity contribution < 1.29 is 9.84 Å². The second-order valence-electron chi connectivity index (χ2n) is 5.83. The van der Waals surface area contributed by atoms with E-state index < -0.39 is 0 Å². The van der Waals surface area contributed by atoms with Gasteiger partial charge < -0.3 is 9.84 Å². The maximum Gasteiger partial charge on any atom is 0.121 e. The van der Waals surface area contributed by atoms with Crippen molar-refractivity contribution in [2.75, 3.05) is 7.11 Å². The Morgan fingerprint density at radius 2 is 2.00 bits per heavy atom. The van der Waals surface area contributed by atoms with Crippen LogP contribution in [0.5, 0.6) is 5.75 Å². The van der Waals surface area contributed by atoms with Crippen LogP contribution in [0, 0.1) is 12.8 Å². The van der Waals surface area contributed by atoms with Crippen LogP contribution in [0.25, 0.3) is 0 Å². The maximum absolute atomic E-state index is 10.3. The van der Waals surface area contributed by atoms with Gasteiger partial charge in [0.2, 0.25) is 0 Å². The third kappa shape index (κ3) is 3.97. The van der Waals surface area contributed by atoms with Crippen molar-refractivity contribution in [3.63, 3.8) is 0 Å². The molecule has 1 unspecified atom stereocenters. The van der Waals surface area contributed by atoms with E-state index in [-0.39, 0.29) is 6.10 Å². The van der Waals surface area contributed by atoms with Crippen molar-refractivity contribution in [2.24, 2.45) is 5.92 Å². The van der Waals surface area contributed by atoms with Crippen molar-refractivity contribution in [1.29, 1.82) is 0 Å². The summed E-state index contributed by atoms with van der Waals surface area (Å²) in [5, 5.41) is 10.3. The molecule has 1 aromatic carbocycles. The number of rotatable bonds is 5. The summed E-state index contributed by atoms with van der Waals surface area (Å²) in [6.45, 7) is 2.02. The van der Waals surface area contributed by atoms with E-state index in [2.05, 4.69) is 0 Å². The smallest absolute Gasteiger partial charge is 0.121 e. The Kier molecular flexibility index (Phi) is 5.26. The molecule has 0 aromatic heterocycles. The van der Waals surface area contributed by atoms with Gasteiger partial charge in [0, 0.05) is 0 Å². The van der Waals surface area contributed by atoms with Crippen LogP contribution < -0.4 is 4.74 Å². The molecule has 0 amide bonds. The van der Waals surface area contributed by atoms with E-state index in [9.17, 15) is 5.11 Å². The van der Waals surface area contributed by atoms with Crippen LogP contribution in [-0.2, 0) is 0 Å². The van der Waals surface area contributed by atoms with E-state index in [0.717, 1.165) is 35.6 Å². The molecular formula is C17H26O2. The van der Waals surface area contributed by atoms with E-state index in [4.69, 9.17) is 4.74 Å². The first-order chi connectivity index (χ1) is 9.20. The topological polar surface area (TPSA) is 29.5 Å². The van der Waals surface area contributed by atoms with E-state index in [1.165, 1.54) is 32.1 Å². The first-order valence-electron chi connectivity index (χ1n) is 7.53. The quantitative estimate of drug-likeness (QED) is 0.852. The molecule has 2 nitrogen and oxygen atoms in total. The summed E-state index contributed by atoms with van der Waals surface area (Å²) in [5.41, 5.74) is 2.12. The molecule has 0 spiro atoms. The summed E-state index contributed by atoms with van der Waals surface area (Å²) in [6, 6.07) is 5.98. The number of benzene rings is 1. The average Bonchev–Trinajstić information content (AvgIpc) is 2.45. The highest BCUT2D eigenvalue weighted by atomic mass is 16.5. The zero-order valence-electron chi connectivity index (χ0n) is 12.2. The fourth-order valence-corrected chi connectivity index (χ4v) is 3.14. The summed E-state index contributed by atoms with van der Waals surface area (Å²) in [7, 11) is 1.68. The number of hydrogen-bond acceptors (Lipinski definition) is 2. The normalized spacial score (nSPS) is 18.3. The van der Waals surface area contributed by atoms with Gasteiger partial charge in [-0.05, 0) is 48.9 Å². The number of hydrogen-bond donors (Lipinski definition) is 1. The van der Waals surface area contributed by atoms with Crippen LogP contribution in [0.1, 0.15) is 62.2 Å². The second-order valence-corrected chi connectivity index (χ2v) is 5.83. The first-order valence-corrected chi connectivity index (χ1v) is 7.53. The van der Waals surface area contributed by atoms with Gasteiger partial charge in [0.25, 0.3) is 0 Å².